The normalized spacial score (nSPS) is 10.8. The number of ether oxygens (including phenoxy) is 1. The lowest BCUT2D eigenvalue weighted by Gasteiger charge is -2.13. The molecule has 1 aromatic carbocycles. The second-order valence-electron chi connectivity index (χ2n) is 9.67. The fraction of sp³-hybridized carbons (Fsp3) is 0.679. The summed E-state index contributed by atoms with van der Waals surface area (Å²) in [4.78, 5) is 23.1. The summed E-state index contributed by atoms with van der Waals surface area (Å²) in [6.07, 6.45) is 14.7. The van der Waals surface area contributed by atoms with Gasteiger partial charge in [0.25, 0.3) is 0 Å². The first-order valence-corrected chi connectivity index (χ1v) is 15.0. The molecule has 0 heterocycles. The second kappa shape index (κ2) is 20.5. The zero-order valence-electron chi connectivity index (χ0n) is 22.0. The number of benzene rings is 1. The van der Waals surface area contributed by atoms with Crippen LogP contribution in [0.1, 0.15) is 96.5 Å². The lowest BCUT2D eigenvalue weighted by atomic mass is 10.0. The third-order valence-corrected chi connectivity index (χ3v) is 7.11. The third kappa shape index (κ3) is 16.2. The highest BCUT2D eigenvalue weighted by atomic mass is 79.9. The lowest BCUT2D eigenvalue weighted by molar-refractivity contribution is -0.121. The Labute approximate surface area is 234 Å². The Morgan fingerprint density at radius 2 is 1.47 bits per heavy atom. The van der Waals surface area contributed by atoms with E-state index >= 15 is 0 Å². The molecule has 36 heavy (non-hydrogen) atoms. The number of carbonyl (C=O) groups excluding carboxylic acids is 2. The molecule has 0 aliphatic rings. The van der Waals surface area contributed by atoms with E-state index in [0.29, 0.717) is 38.3 Å². The summed E-state index contributed by atoms with van der Waals surface area (Å²) in [5, 5.41) is 14.0. The van der Waals surface area contributed by atoms with Crippen LogP contribution in [-0.2, 0) is 16.0 Å². The predicted octanol–water partition coefficient (Wildman–Crippen LogP) is 7.23. The highest BCUT2D eigenvalue weighted by Gasteiger charge is 2.10. The Morgan fingerprint density at radius 3 is 2.06 bits per heavy atom. The van der Waals surface area contributed by atoms with Crippen molar-refractivity contribution in [2.45, 2.75) is 97.3 Å². The zero-order valence-corrected chi connectivity index (χ0v) is 25.1. The third-order valence-electron chi connectivity index (χ3n) is 5.93. The molecule has 0 radical (unpaired) electrons. The van der Waals surface area contributed by atoms with E-state index in [0.717, 1.165) is 39.7 Å². The maximum Gasteiger partial charge on any atom is 0.322 e. The predicted molar refractivity (Wildman–Crippen MR) is 153 cm³/mol. The van der Waals surface area contributed by atoms with Gasteiger partial charge in [-0.15, -0.1) is 0 Å². The summed E-state index contributed by atoms with van der Waals surface area (Å²) in [5.74, 6) is 1.01. The first-order chi connectivity index (χ1) is 17.3. The molecule has 6 nitrogen and oxygen atoms in total. The van der Waals surface area contributed by atoms with Gasteiger partial charge in [-0.3, -0.25) is 9.59 Å². The smallest absolute Gasteiger partial charge is 0.322 e. The van der Waals surface area contributed by atoms with Gasteiger partial charge >= 0.3 is 5.91 Å². The van der Waals surface area contributed by atoms with Crippen molar-refractivity contribution in [3.05, 3.63) is 26.6 Å². The standard InChI is InChI=1S/C28H43Br2N3O3/c1-22(2)13-10-8-6-4-3-5-7-9-11-14-26(34)33-17-15-23-19-24(29)28(25(30)20-23)36-18-12-16-32-27(35)21-31/h19-20,22H,3-18H2,1-2H3,(H,32,35)(H,33,34). The average molecular weight is 629 g/mol. The number of hydrogen-bond acceptors (Lipinski definition) is 4. The Balaban J connectivity index is 2.12. The van der Waals surface area contributed by atoms with Gasteiger partial charge in [0.05, 0.1) is 15.6 Å². The van der Waals surface area contributed by atoms with Crippen molar-refractivity contribution in [3.8, 4) is 11.8 Å². The largest absolute Gasteiger partial charge is 0.491 e. The fourth-order valence-electron chi connectivity index (χ4n) is 3.89. The molecule has 2 N–H and O–H groups in total. The van der Waals surface area contributed by atoms with Crippen molar-refractivity contribution < 1.29 is 14.3 Å². The van der Waals surface area contributed by atoms with Crippen LogP contribution < -0.4 is 15.4 Å². The number of unbranched alkanes of at least 4 members (excludes halogenated alkanes) is 8. The van der Waals surface area contributed by atoms with Crippen LogP contribution in [0.5, 0.6) is 5.75 Å². The van der Waals surface area contributed by atoms with Gasteiger partial charge in [-0.1, -0.05) is 71.6 Å². The molecule has 0 aliphatic carbocycles. The average Bonchev–Trinajstić information content (AvgIpc) is 2.83. The molecule has 0 saturated carbocycles. The topological polar surface area (TPSA) is 91.2 Å². The molecule has 1 aromatic rings. The lowest BCUT2D eigenvalue weighted by Crippen LogP contribution is -2.25. The number of carbonyl (C=O) groups is 2. The number of hydrogen-bond donors (Lipinski definition) is 2. The molecule has 0 bridgehead atoms. The minimum Gasteiger partial charge on any atom is -0.491 e. The van der Waals surface area contributed by atoms with Crippen molar-refractivity contribution in [1.29, 1.82) is 5.26 Å². The molecule has 0 saturated heterocycles. The Kier molecular flexibility index (Phi) is 18.4. The van der Waals surface area contributed by atoms with E-state index in [4.69, 9.17) is 10.00 Å². The minimum atomic E-state index is -0.637. The van der Waals surface area contributed by atoms with Crippen LogP contribution in [0, 0.1) is 17.2 Å². The summed E-state index contributed by atoms with van der Waals surface area (Å²) in [5.41, 5.74) is 1.09. The number of nitriles is 1. The van der Waals surface area contributed by atoms with Crippen molar-refractivity contribution >= 4 is 43.7 Å². The van der Waals surface area contributed by atoms with Gasteiger partial charge in [-0.05, 0) is 74.7 Å². The number of nitrogens with one attached hydrogen (secondary N) is 2. The van der Waals surface area contributed by atoms with E-state index in [1.54, 1.807) is 0 Å². The zero-order chi connectivity index (χ0) is 26.6. The molecular weight excluding hydrogens is 586 g/mol. The Bertz CT molecular complexity index is 802. The summed E-state index contributed by atoms with van der Waals surface area (Å²) < 4.78 is 7.45. The highest BCUT2D eigenvalue weighted by molar-refractivity contribution is 9.11. The monoisotopic (exact) mass is 627 g/mol. The van der Waals surface area contributed by atoms with E-state index < -0.39 is 5.91 Å². The van der Waals surface area contributed by atoms with Gasteiger partial charge in [0.15, 0.2) is 6.07 Å². The van der Waals surface area contributed by atoms with Crippen LogP contribution in [0.2, 0.25) is 0 Å². The number of amides is 2. The van der Waals surface area contributed by atoms with Crippen LogP contribution in [0.3, 0.4) is 0 Å². The quantitative estimate of drug-likeness (QED) is 0.118. The summed E-state index contributed by atoms with van der Waals surface area (Å²) in [6.45, 7) is 6.00. The molecule has 0 atom stereocenters. The van der Waals surface area contributed by atoms with Crippen molar-refractivity contribution in [3.63, 3.8) is 0 Å². The van der Waals surface area contributed by atoms with Crippen LogP contribution in [0.25, 0.3) is 0 Å². The van der Waals surface area contributed by atoms with Crippen LogP contribution >= 0.6 is 31.9 Å². The van der Waals surface area contributed by atoms with Crippen molar-refractivity contribution in [2.24, 2.45) is 5.92 Å². The van der Waals surface area contributed by atoms with Crippen molar-refractivity contribution in [1.82, 2.24) is 10.6 Å². The Morgan fingerprint density at radius 1 is 0.889 bits per heavy atom. The van der Waals surface area contributed by atoms with E-state index in [1.807, 2.05) is 12.1 Å². The summed E-state index contributed by atoms with van der Waals surface area (Å²) in [7, 11) is 0. The summed E-state index contributed by atoms with van der Waals surface area (Å²) in [6, 6.07) is 5.51. The van der Waals surface area contributed by atoms with E-state index in [9.17, 15) is 9.59 Å². The molecular formula is C28H43Br2N3O3. The second-order valence-corrected chi connectivity index (χ2v) is 11.4. The van der Waals surface area contributed by atoms with Crippen LogP contribution in [0.15, 0.2) is 21.1 Å². The first kappa shape index (κ1) is 32.4. The SMILES string of the molecule is CC(C)CCCCCCCCCCCC(=O)NCCc1cc(Br)c(OCCCNC(=O)C#N)c(Br)c1. The van der Waals surface area contributed by atoms with E-state index in [2.05, 4.69) is 56.3 Å². The van der Waals surface area contributed by atoms with E-state index in [1.165, 1.54) is 57.4 Å². The molecule has 8 heteroatoms. The molecule has 2 amide bonds. The van der Waals surface area contributed by atoms with Gasteiger partial charge in [0.2, 0.25) is 5.91 Å². The Hall–Kier alpha value is -1.59. The molecule has 202 valence electrons. The molecule has 0 aliphatic heterocycles. The van der Waals surface area contributed by atoms with Crippen molar-refractivity contribution in [2.75, 3.05) is 19.7 Å². The number of nitrogens with zero attached hydrogens (tertiary/aromatic N) is 1. The molecule has 0 unspecified atom stereocenters. The van der Waals surface area contributed by atoms with Gasteiger partial charge in [0, 0.05) is 19.5 Å². The number of halogens is 2. The molecule has 0 fully saturated rings. The molecule has 1 rings (SSSR count). The van der Waals surface area contributed by atoms with Gasteiger partial charge in [-0.2, -0.15) is 5.26 Å². The maximum absolute atomic E-state index is 12.1. The van der Waals surface area contributed by atoms with Gasteiger partial charge < -0.3 is 15.4 Å². The van der Waals surface area contributed by atoms with Crippen LogP contribution in [0.4, 0.5) is 0 Å². The number of rotatable bonds is 20. The summed E-state index contributed by atoms with van der Waals surface area (Å²) >= 11 is 7.10. The first-order valence-electron chi connectivity index (χ1n) is 13.4. The maximum atomic E-state index is 12.1. The van der Waals surface area contributed by atoms with Gasteiger partial charge in [-0.25, -0.2) is 0 Å². The fourth-order valence-corrected chi connectivity index (χ4v) is 5.40. The molecule has 0 spiro atoms. The molecule has 0 aromatic heterocycles. The highest BCUT2D eigenvalue weighted by Crippen LogP contribution is 2.35. The van der Waals surface area contributed by atoms with E-state index in [-0.39, 0.29) is 5.91 Å². The van der Waals surface area contributed by atoms with Gasteiger partial charge in [0.1, 0.15) is 5.75 Å². The minimum absolute atomic E-state index is 0.127. The van der Waals surface area contributed by atoms with Crippen LogP contribution in [-0.4, -0.2) is 31.5 Å².